The molecule has 2 aromatic heterocycles. The monoisotopic (exact) mass is 757 g/mol. The van der Waals surface area contributed by atoms with Crippen molar-refractivity contribution in [3.63, 3.8) is 0 Å². The number of hydrogen-bond acceptors (Lipinski definition) is 4. The minimum absolute atomic E-state index is 0.595. The molecule has 0 amide bonds. The van der Waals surface area contributed by atoms with Gasteiger partial charge in [-0.25, -0.2) is 15.0 Å². The van der Waals surface area contributed by atoms with E-state index in [1.54, 1.807) is 0 Å². The summed E-state index contributed by atoms with van der Waals surface area (Å²) in [6.45, 7) is 0. The van der Waals surface area contributed by atoms with Gasteiger partial charge in [0.1, 0.15) is 11.2 Å². The van der Waals surface area contributed by atoms with Crippen molar-refractivity contribution in [3.05, 3.63) is 212 Å². The lowest BCUT2D eigenvalue weighted by atomic mass is 10.0. The highest BCUT2D eigenvalue weighted by molar-refractivity contribution is 7.19. The molecular formula is C53H35N3OSi. The van der Waals surface area contributed by atoms with Crippen molar-refractivity contribution in [3.8, 4) is 34.2 Å². The molecule has 0 unspecified atom stereocenters. The van der Waals surface area contributed by atoms with Crippen molar-refractivity contribution in [1.82, 2.24) is 15.0 Å². The second kappa shape index (κ2) is 13.9. The van der Waals surface area contributed by atoms with E-state index < -0.39 is 8.07 Å². The second-order valence-corrected chi connectivity index (χ2v) is 18.5. The topological polar surface area (TPSA) is 51.8 Å². The standard InChI is InChI=1S/C53H35N3OSi/c1-4-22-40(23-5-1)58(41-24-6-2-7-25-41,42-26-8-3-9-27-42)43-28-14-21-39(33-43)51-54-52(45-30-15-20-36-17-12-13-29-44(36)45)56-53(55-51)46-31-16-32-48-50(46)47-34-37-18-10-11-19-38(37)35-49(47)57-48/h1-35H. The maximum Gasteiger partial charge on any atom is 0.179 e. The minimum atomic E-state index is -2.82. The minimum Gasteiger partial charge on any atom is -0.456 e. The zero-order valence-electron chi connectivity index (χ0n) is 31.5. The summed E-state index contributed by atoms with van der Waals surface area (Å²) in [6.07, 6.45) is 0. The molecule has 2 heterocycles. The molecular weight excluding hydrogens is 723 g/mol. The van der Waals surface area contributed by atoms with Crippen LogP contribution < -0.4 is 20.7 Å². The number of benzene rings is 9. The van der Waals surface area contributed by atoms with E-state index in [0.29, 0.717) is 17.5 Å². The molecule has 0 radical (unpaired) electrons. The molecule has 0 saturated heterocycles. The molecule has 0 atom stereocenters. The molecule has 9 aromatic carbocycles. The van der Waals surface area contributed by atoms with Gasteiger partial charge >= 0.3 is 0 Å². The van der Waals surface area contributed by atoms with Crippen molar-refractivity contribution >= 4 is 72.3 Å². The van der Waals surface area contributed by atoms with Gasteiger partial charge in [-0.05, 0) is 60.5 Å². The molecule has 58 heavy (non-hydrogen) atoms. The summed E-state index contributed by atoms with van der Waals surface area (Å²) in [6, 6.07) is 75.5. The average molecular weight is 758 g/mol. The fourth-order valence-electron chi connectivity index (χ4n) is 8.82. The largest absolute Gasteiger partial charge is 0.456 e. The van der Waals surface area contributed by atoms with Crippen LogP contribution in [-0.2, 0) is 0 Å². The molecule has 11 aromatic rings. The summed E-state index contributed by atoms with van der Waals surface area (Å²) < 4.78 is 6.52. The van der Waals surface area contributed by atoms with Gasteiger partial charge in [-0.3, -0.25) is 0 Å². The number of furan rings is 1. The molecule has 4 nitrogen and oxygen atoms in total. The third-order valence-electron chi connectivity index (χ3n) is 11.4. The lowest BCUT2D eigenvalue weighted by Gasteiger charge is -2.34. The molecule has 0 aliphatic rings. The Hall–Kier alpha value is -7.47. The van der Waals surface area contributed by atoms with E-state index in [0.717, 1.165) is 60.2 Å². The van der Waals surface area contributed by atoms with Crippen LogP contribution in [0.15, 0.2) is 217 Å². The van der Waals surface area contributed by atoms with Gasteiger partial charge < -0.3 is 4.42 Å². The number of nitrogens with zero attached hydrogens (tertiary/aromatic N) is 3. The van der Waals surface area contributed by atoms with Crippen LogP contribution in [-0.4, -0.2) is 23.0 Å². The summed E-state index contributed by atoms with van der Waals surface area (Å²) in [5.74, 6) is 1.83. The Morgan fingerprint density at radius 3 is 1.52 bits per heavy atom. The number of rotatable bonds is 7. The van der Waals surface area contributed by atoms with E-state index >= 15 is 0 Å². The van der Waals surface area contributed by atoms with Gasteiger partial charge in [0.25, 0.3) is 0 Å². The van der Waals surface area contributed by atoms with Crippen LogP contribution in [0.3, 0.4) is 0 Å². The molecule has 0 aliphatic carbocycles. The number of fused-ring (bicyclic) bond motifs is 5. The molecule has 0 N–H and O–H groups in total. The quantitative estimate of drug-likeness (QED) is 0.120. The fourth-order valence-corrected chi connectivity index (χ4v) is 13.6. The van der Waals surface area contributed by atoms with Crippen molar-refractivity contribution in [2.24, 2.45) is 0 Å². The molecule has 11 rings (SSSR count). The number of aromatic nitrogens is 3. The van der Waals surface area contributed by atoms with Crippen LogP contribution >= 0.6 is 0 Å². The Morgan fingerprint density at radius 2 is 0.828 bits per heavy atom. The smallest absolute Gasteiger partial charge is 0.179 e. The molecule has 0 bridgehead atoms. The van der Waals surface area contributed by atoms with Gasteiger partial charge in [0.05, 0.1) is 0 Å². The molecule has 0 saturated carbocycles. The molecule has 0 fully saturated rings. The summed E-state index contributed by atoms with van der Waals surface area (Å²) >= 11 is 0. The van der Waals surface area contributed by atoms with E-state index in [9.17, 15) is 0 Å². The van der Waals surface area contributed by atoms with E-state index in [2.05, 4.69) is 200 Å². The predicted molar refractivity (Wildman–Crippen MR) is 242 cm³/mol. The molecule has 0 spiro atoms. The van der Waals surface area contributed by atoms with Crippen LogP contribution in [0.4, 0.5) is 0 Å². The van der Waals surface area contributed by atoms with Crippen LogP contribution in [0.25, 0.3) is 77.6 Å². The summed E-state index contributed by atoms with van der Waals surface area (Å²) in [7, 11) is -2.82. The van der Waals surface area contributed by atoms with Crippen molar-refractivity contribution in [1.29, 1.82) is 0 Å². The first kappa shape index (κ1) is 33.8. The highest BCUT2D eigenvalue weighted by Crippen LogP contribution is 2.38. The van der Waals surface area contributed by atoms with Crippen molar-refractivity contribution in [2.75, 3.05) is 0 Å². The lowest BCUT2D eigenvalue weighted by Crippen LogP contribution is -2.74. The van der Waals surface area contributed by atoms with Gasteiger partial charge in [0.15, 0.2) is 25.5 Å². The maximum atomic E-state index is 6.52. The van der Waals surface area contributed by atoms with Crippen LogP contribution in [0.5, 0.6) is 0 Å². The maximum absolute atomic E-state index is 6.52. The van der Waals surface area contributed by atoms with Gasteiger partial charge in [-0.2, -0.15) is 0 Å². The molecule has 5 heteroatoms. The Morgan fingerprint density at radius 1 is 0.328 bits per heavy atom. The predicted octanol–water partition coefficient (Wildman–Crippen LogP) is 10.5. The SMILES string of the molecule is c1ccc([Si](c2ccccc2)(c2ccccc2)c2cccc(-c3nc(-c4cccc5ccccc45)nc(-c4cccc5oc6cc7ccccc7cc6c45)n3)c2)cc1. The Labute approximate surface area is 336 Å². The van der Waals surface area contributed by atoms with Gasteiger partial charge in [0.2, 0.25) is 0 Å². The zero-order chi connectivity index (χ0) is 38.5. The second-order valence-electron chi connectivity index (χ2n) is 14.7. The van der Waals surface area contributed by atoms with Crippen LogP contribution in [0.2, 0.25) is 0 Å². The normalized spacial score (nSPS) is 11.8. The Kier molecular flexibility index (Phi) is 8.12. The van der Waals surface area contributed by atoms with E-state index in [1.807, 2.05) is 12.1 Å². The van der Waals surface area contributed by atoms with Crippen LogP contribution in [0.1, 0.15) is 0 Å². The first-order chi connectivity index (χ1) is 28.7. The summed E-state index contributed by atoms with van der Waals surface area (Å²) in [5.41, 5.74) is 4.41. The molecule has 272 valence electrons. The van der Waals surface area contributed by atoms with Gasteiger partial charge in [-0.15, -0.1) is 0 Å². The van der Waals surface area contributed by atoms with Crippen LogP contribution in [0, 0.1) is 0 Å². The first-order valence-corrected chi connectivity index (χ1v) is 21.6. The lowest BCUT2D eigenvalue weighted by molar-refractivity contribution is 0.669. The third-order valence-corrected chi connectivity index (χ3v) is 16.2. The highest BCUT2D eigenvalue weighted by atomic mass is 28.3. The van der Waals surface area contributed by atoms with E-state index in [4.69, 9.17) is 19.4 Å². The first-order valence-electron chi connectivity index (χ1n) is 19.6. The average Bonchev–Trinajstić information content (AvgIpc) is 3.67. The number of hydrogen-bond donors (Lipinski definition) is 0. The Bertz CT molecular complexity index is 3190. The van der Waals surface area contributed by atoms with Crippen molar-refractivity contribution < 1.29 is 4.42 Å². The highest BCUT2D eigenvalue weighted by Gasteiger charge is 2.41. The van der Waals surface area contributed by atoms with Crippen molar-refractivity contribution in [2.45, 2.75) is 0 Å². The Balaban J connectivity index is 1.19. The van der Waals surface area contributed by atoms with Gasteiger partial charge in [0, 0.05) is 27.5 Å². The van der Waals surface area contributed by atoms with E-state index in [1.165, 1.54) is 20.7 Å². The van der Waals surface area contributed by atoms with Gasteiger partial charge in [-0.1, -0.05) is 194 Å². The zero-order valence-corrected chi connectivity index (χ0v) is 32.5. The van der Waals surface area contributed by atoms with E-state index in [-0.39, 0.29) is 0 Å². The third kappa shape index (κ3) is 5.55. The fraction of sp³-hybridized carbons (Fsp3) is 0. The summed E-state index contributed by atoms with van der Waals surface area (Å²) in [5, 5.41) is 11.7. The summed E-state index contributed by atoms with van der Waals surface area (Å²) in [4.78, 5) is 16.0. The molecule has 0 aliphatic heterocycles.